The van der Waals surface area contributed by atoms with E-state index in [4.69, 9.17) is 4.42 Å². The van der Waals surface area contributed by atoms with Gasteiger partial charge in [-0.2, -0.15) is 0 Å². The van der Waals surface area contributed by atoms with E-state index in [1.54, 1.807) is 23.5 Å². The lowest BCUT2D eigenvalue weighted by atomic mass is 9.97. The lowest BCUT2D eigenvalue weighted by molar-refractivity contribution is -0.132. The first kappa shape index (κ1) is 17.7. The minimum absolute atomic E-state index is 0.147. The molecule has 25 heavy (non-hydrogen) atoms. The summed E-state index contributed by atoms with van der Waals surface area (Å²) in [5.41, 5.74) is 0.954. The summed E-state index contributed by atoms with van der Waals surface area (Å²) in [5.74, 6) is 0.540. The summed E-state index contributed by atoms with van der Waals surface area (Å²) in [4.78, 5) is 31.9. The molecule has 0 radical (unpaired) electrons. The van der Waals surface area contributed by atoms with E-state index in [1.165, 1.54) is 6.26 Å². The van der Waals surface area contributed by atoms with Crippen molar-refractivity contribution in [1.82, 2.24) is 15.2 Å². The van der Waals surface area contributed by atoms with Crippen molar-refractivity contribution in [3.8, 4) is 0 Å². The first-order valence-corrected chi connectivity index (χ1v) is 9.37. The molecule has 0 bridgehead atoms. The van der Waals surface area contributed by atoms with E-state index in [9.17, 15) is 9.59 Å². The molecule has 1 N–H and O–H groups in total. The smallest absolute Gasteiger partial charge is 0.286 e. The Bertz CT molecular complexity index is 739. The van der Waals surface area contributed by atoms with Gasteiger partial charge in [-0.15, -0.1) is 11.3 Å². The second kappa shape index (κ2) is 7.82. The summed E-state index contributed by atoms with van der Waals surface area (Å²) in [6.07, 6.45) is 3.89. The van der Waals surface area contributed by atoms with Crippen LogP contribution >= 0.6 is 11.3 Å². The first-order valence-electron chi connectivity index (χ1n) is 8.55. The molecule has 3 rings (SSSR count). The Kier molecular flexibility index (Phi) is 5.53. The highest BCUT2D eigenvalue weighted by molar-refractivity contribution is 7.11. The van der Waals surface area contributed by atoms with Gasteiger partial charge >= 0.3 is 0 Å². The van der Waals surface area contributed by atoms with Gasteiger partial charge in [-0.3, -0.25) is 9.59 Å². The van der Waals surface area contributed by atoms with Crippen LogP contribution in [-0.4, -0.2) is 41.3 Å². The van der Waals surface area contributed by atoms with Gasteiger partial charge in [0, 0.05) is 24.5 Å². The van der Waals surface area contributed by atoms with Gasteiger partial charge < -0.3 is 14.6 Å². The highest BCUT2D eigenvalue weighted by atomic mass is 32.1. The maximum atomic E-state index is 12.6. The molecule has 2 aromatic heterocycles. The monoisotopic (exact) mass is 361 g/mol. The standard InChI is InChI=1S/C18H23N3O3S/c1-12-16(25-13(2)20-12)9-17(22)21-7-3-5-14(11-21)10-19-18(23)15-6-4-8-24-15/h4,6,8,14H,3,5,7,9-11H2,1-2H3,(H,19,23)/t14-/m0/s1. The van der Waals surface area contributed by atoms with Gasteiger partial charge in [0.25, 0.3) is 5.91 Å². The number of carbonyl (C=O) groups is 2. The normalized spacial score (nSPS) is 17.5. The quantitative estimate of drug-likeness (QED) is 0.888. The van der Waals surface area contributed by atoms with Crippen LogP contribution in [0.3, 0.4) is 0 Å². The molecule has 7 heteroatoms. The fourth-order valence-corrected chi connectivity index (χ4v) is 4.10. The van der Waals surface area contributed by atoms with Crippen LogP contribution in [-0.2, 0) is 11.2 Å². The number of amides is 2. The van der Waals surface area contributed by atoms with Gasteiger partial charge in [0.05, 0.1) is 23.4 Å². The van der Waals surface area contributed by atoms with Crippen molar-refractivity contribution < 1.29 is 14.0 Å². The second-order valence-corrected chi connectivity index (χ2v) is 7.74. The van der Waals surface area contributed by atoms with Crippen LogP contribution in [0.5, 0.6) is 0 Å². The summed E-state index contributed by atoms with van der Waals surface area (Å²) in [7, 11) is 0. The zero-order valence-corrected chi connectivity index (χ0v) is 15.4. The van der Waals surface area contributed by atoms with Crippen molar-refractivity contribution in [3.63, 3.8) is 0 Å². The Balaban J connectivity index is 1.51. The predicted octanol–water partition coefficient (Wildman–Crippen LogP) is 2.56. The highest BCUT2D eigenvalue weighted by Gasteiger charge is 2.25. The molecule has 2 amide bonds. The summed E-state index contributed by atoms with van der Waals surface area (Å²) in [6, 6.07) is 3.34. The van der Waals surface area contributed by atoms with E-state index >= 15 is 0 Å². The minimum Gasteiger partial charge on any atom is -0.459 e. The van der Waals surface area contributed by atoms with Crippen molar-refractivity contribution in [2.75, 3.05) is 19.6 Å². The van der Waals surface area contributed by atoms with Crippen LogP contribution in [0.15, 0.2) is 22.8 Å². The lowest BCUT2D eigenvalue weighted by Crippen LogP contribution is -2.44. The van der Waals surface area contributed by atoms with Crippen molar-refractivity contribution in [2.24, 2.45) is 5.92 Å². The van der Waals surface area contributed by atoms with Crippen LogP contribution in [0, 0.1) is 19.8 Å². The van der Waals surface area contributed by atoms with Crippen LogP contribution in [0.2, 0.25) is 0 Å². The number of nitrogens with zero attached hydrogens (tertiary/aromatic N) is 2. The van der Waals surface area contributed by atoms with Crippen LogP contribution in [0.4, 0.5) is 0 Å². The van der Waals surface area contributed by atoms with E-state index in [0.29, 0.717) is 25.3 Å². The summed E-state index contributed by atoms with van der Waals surface area (Å²) < 4.78 is 5.09. The number of hydrogen-bond acceptors (Lipinski definition) is 5. The Labute approximate surface area is 151 Å². The molecular weight excluding hydrogens is 338 g/mol. The molecule has 6 nitrogen and oxygen atoms in total. The molecular formula is C18H23N3O3S. The number of carbonyl (C=O) groups excluding carboxylic acids is 2. The van der Waals surface area contributed by atoms with Crippen LogP contribution < -0.4 is 5.32 Å². The lowest BCUT2D eigenvalue weighted by Gasteiger charge is -2.32. The molecule has 1 aliphatic rings. The SMILES string of the molecule is Cc1nc(C)c(CC(=O)N2CCC[C@@H](CNC(=O)c3ccco3)C2)s1. The number of piperidine rings is 1. The Morgan fingerprint density at radius 3 is 2.96 bits per heavy atom. The average molecular weight is 361 g/mol. The zero-order valence-electron chi connectivity index (χ0n) is 14.6. The maximum absolute atomic E-state index is 12.6. The minimum atomic E-state index is -0.204. The van der Waals surface area contributed by atoms with Crippen molar-refractivity contribution in [3.05, 3.63) is 39.7 Å². The second-order valence-electron chi connectivity index (χ2n) is 6.45. The third-order valence-electron chi connectivity index (χ3n) is 4.48. The van der Waals surface area contributed by atoms with E-state index in [2.05, 4.69) is 10.3 Å². The summed E-state index contributed by atoms with van der Waals surface area (Å²) in [5, 5.41) is 3.90. The number of nitrogens with one attached hydrogen (secondary N) is 1. The average Bonchev–Trinajstić information content (AvgIpc) is 3.23. The number of aromatic nitrogens is 1. The van der Waals surface area contributed by atoms with E-state index in [1.807, 2.05) is 18.7 Å². The van der Waals surface area contributed by atoms with Gasteiger partial charge in [-0.05, 0) is 44.7 Å². The zero-order chi connectivity index (χ0) is 17.8. The fourth-order valence-electron chi connectivity index (χ4n) is 3.18. The molecule has 1 saturated heterocycles. The third kappa shape index (κ3) is 4.48. The van der Waals surface area contributed by atoms with E-state index in [0.717, 1.165) is 35.0 Å². The Hall–Kier alpha value is -2.15. The Morgan fingerprint density at radius 2 is 2.28 bits per heavy atom. The molecule has 0 spiro atoms. The largest absolute Gasteiger partial charge is 0.459 e. The van der Waals surface area contributed by atoms with Gasteiger partial charge in [0.15, 0.2) is 5.76 Å². The molecule has 0 saturated carbocycles. The fraction of sp³-hybridized carbons (Fsp3) is 0.500. The van der Waals surface area contributed by atoms with Crippen molar-refractivity contribution in [2.45, 2.75) is 33.1 Å². The predicted molar refractivity (Wildman–Crippen MR) is 95.6 cm³/mol. The van der Waals surface area contributed by atoms with Crippen molar-refractivity contribution in [1.29, 1.82) is 0 Å². The summed E-state index contributed by atoms with van der Waals surface area (Å²) in [6.45, 7) is 5.95. The number of furan rings is 1. The van der Waals surface area contributed by atoms with Gasteiger partial charge in [0.1, 0.15) is 0 Å². The van der Waals surface area contributed by atoms with E-state index < -0.39 is 0 Å². The van der Waals surface area contributed by atoms with Gasteiger partial charge in [-0.1, -0.05) is 0 Å². The molecule has 1 atom stereocenters. The molecule has 2 aromatic rings. The Morgan fingerprint density at radius 1 is 1.44 bits per heavy atom. The van der Waals surface area contributed by atoms with Gasteiger partial charge in [0.2, 0.25) is 5.91 Å². The topological polar surface area (TPSA) is 75.4 Å². The molecule has 1 aliphatic heterocycles. The number of likely N-dealkylation sites (tertiary alicyclic amines) is 1. The van der Waals surface area contributed by atoms with Crippen LogP contribution in [0.1, 0.15) is 39.0 Å². The number of aryl methyl sites for hydroxylation is 2. The number of thiazole rings is 1. The van der Waals surface area contributed by atoms with Crippen molar-refractivity contribution >= 4 is 23.2 Å². The number of rotatable bonds is 5. The molecule has 134 valence electrons. The summed E-state index contributed by atoms with van der Waals surface area (Å²) >= 11 is 1.59. The molecule has 3 heterocycles. The van der Waals surface area contributed by atoms with Gasteiger partial charge in [-0.25, -0.2) is 4.98 Å². The molecule has 1 fully saturated rings. The highest BCUT2D eigenvalue weighted by Crippen LogP contribution is 2.21. The molecule has 0 aromatic carbocycles. The number of hydrogen-bond donors (Lipinski definition) is 1. The molecule has 0 aliphatic carbocycles. The first-order chi connectivity index (χ1) is 12.0. The van der Waals surface area contributed by atoms with Crippen LogP contribution in [0.25, 0.3) is 0 Å². The third-order valence-corrected chi connectivity index (χ3v) is 5.55. The molecule has 0 unspecified atom stereocenters. The maximum Gasteiger partial charge on any atom is 0.286 e. The van der Waals surface area contributed by atoms with E-state index in [-0.39, 0.29) is 17.7 Å².